The molecular formula is C12H11F3N4O2. The molecule has 6 nitrogen and oxygen atoms in total. The fourth-order valence-electron chi connectivity index (χ4n) is 1.61. The van der Waals surface area contributed by atoms with Crippen molar-refractivity contribution in [3.63, 3.8) is 0 Å². The van der Waals surface area contributed by atoms with E-state index in [2.05, 4.69) is 10.1 Å². The zero-order valence-corrected chi connectivity index (χ0v) is 10.9. The van der Waals surface area contributed by atoms with Gasteiger partial charge in [0.05, 0.1) is 24.7 Å². The summed E-state index contributed by atoms with van der Waals surface area (Å²) in [5.41, 5.74) is 4.96. The van der Waals surface area contributed by atoms with E-state index in [-0.39, 0.29) is 23.7 Å². The van der Waals surface area contributed by atoms with Gasteiger partial charge in [-0.1, -0.05) is 0 Å². The van der Waals surface area contributed by atoms with Crippen LogP contribution in [0, 0.1) is 0 Å². The van der Waals surface area contributed by atoms with Crippen LogP contribution in [-0.2, 0) is 10.9 Å². The molecule has 2 aromatic heterocycles. The van der Waals surface area contributed by atoms with Gasteiger partial charge in [-0.3, -0.25) is 0 Å². The SMILES string of the molecule is CCOC(=O)c1cnn(-c2ccc(C(F)(F)F)nc2)c1N. The second-order valence-electron chi connectivity index (χ2n) is 3.98. The molecule has 2 aromatic rings. The highest BCUT2D eigenvalue weighted by Crippen LogP contribution is 2.28. The largest absolute Gasteiger partial charge is 0.462 e. The highest BCUT2D eigenvalue weighted by Gasteiger charge is 2.32. The van der Waals surface area contributed by atoms with Crippen LogP contribution in [0.2, 0.25) is 0 Å². The number of nitrogens with zero attached hydrogens (tertiary/aromatic N) is 3. The molecule has 0 amide bonds. The van der Waals surface area contributed by atoms with Crippen molar-refractivity contribution in [3.8, 4) is 5.69 Å². The Balaban J connectivity index is 2.33. The molecule has 0 aliphatic carbocycles. The lowest BCUT2D eigenvalue weighted by Gasteiger charge is -2.08. The molecule has 0 fully saturated rings. The van der Waals surface area contributed by atoms with Gasteiger partial charge in [-0.2, -0.15) is 18.3 Å². The summed E-state index contributed by atoms with van der Waals surface area (Å²) in [7, 11) is 0. The number of anilines is 1. The van der Waals surface area contributed by atoms with Crippen LogP contribution in [0.1, 0.15) is 23.0 Å². The average Bonchev–Trinajstić information content (AvgIpc) is 2.80. The Labute approximate surface area is 117 Å². The van der Waals surface area contributed by atoms with E-state index in [1.807, 2.05) is 0 Å². The second-order valence-corrected chi connectivity index (χ2v) is 3.98. The van der Waals surface area contributed by atoms with Crippen LogP contribution < -0.4 is 5.73 Å². The van der Waals surface area contributed by atoms with Crippen molar-refractivity contribution >= 4 is 11.8 Å². The quantitative estimate of drug-likeness (QED) is 0.877. The highest BCUT2D eigenvalue weighted by atomic mass is 19.4. The number of rotatable bonds is 3. The molecule has 21 heavy (non-hydrogen) atoms. The predicted molar refractivity (Wildman–Crippen MR) is 66.7 cm³/mol. The molecule has 0 aromatic carbocycles. The minimum Gasteiger partial charge on any atom is -0.462 e. The van der Waals surface area contributed by atoms with Crippen molar-refractivity contribution in [1.29, 1.82) is 0 Å². The number of nitrogens with two attached hydrogens (primary N) is 1. The average molecular weight is 300 g/mol. The minimum atomic E-state index is -4.52. The van der Waals surface area contributed by atoms with Crippen molar-refractivity contribution in [2.24, 2.45) is 0 Å². The Morgan fingerprint density at radius 1 is 1.38 bits per heavy atom. The van der Waals surface area contributed by atoms with E-state index in [9.17, 15) is 18.0 Å². The molecule has 0 saturated heterocycles. The Kier molecular flexibility index (Phi) is 3.83. The number of hydrogen-bond donors (Lipinski definition) is 1. The first-order valence-corrected chi connectivity index (χ1v) is 5.88. The maximum atomic E-state index is 12.4. The topological polar surface area (TPSA) is 83.0 Å². The first-order valence-electron chi connectivity index (χ1n) is 5.88. The molecule has 0 radical (unpaired) electrons. The van der Waals surface area contributed by atoms with Crippen molar-refractivity contribution in [2.75, 3.05) is 12.3 Å². The number of nitrogen functional groups attached to an aromatic ring is 1. The van der Waals surface area contributed by atoms with Gasteiger partial charge >= 0.3 is 12.1 Å². The molecular weight excluding hydrogens is 289 g/mol. The molecule has 2 heterocycles. The van der Waals surface area contributed by atoms with Crippen LogP contribution in [0.25, 0.3) is 5.69 Å². The lowest BCUT2D eigenvalue weighted by atomic mass is 10.3. The van der Waals surface area contributed by atoms with Gasteiger partial charge in [0, 0.05) is 0 Å². The maximum absolute atomic E-state index is 12.4. The van der Waals surface area contributed by atoms with E-state index in [4.69, 9.17) is 10.5 Å². The first kappa shape index (κ1) is 14.8. The molecule has 2 rings (SSSR count). The van der Waals surface area contributed by atoms with Crippen molar-refractivity contribution < 1.29 is 22.7 Å². The summed E-state index contributed by atoms with van der Waals surface area (Å²) < 4.78 is 43.2. The molecule has 9 heteroatoms. The standard InChI is InChI=1S/C12H11F3N4O2/c1-2-21-11(20)8-6-18-19(10(8)16)7-3-4-9(17-5-7)12(13,14)15/h3-6H,2,16H2,1H3. The number of alkyl halides is 3. The van der Waals surface area contributed by atoms with Gasteiger partial charge in [-0.05, 0) is 19.1 Å². The number of pyridine rings is 1. The van der Waals surface area contributed by atoms with Crippen molar-refractivity contribution in [2.45, 2.75) is 13.1 Å². The molecule has 0 aliphatic heterocycles. The third-order valence-electron chi connectivity index (χ3n) is 2.58. The van der Waals surface area contributed by atoms with Crippen LogP contribution in [0.5, 0.6) is 0 Å². The van der Waals surface area contributed by atoms with E-state index in [1.54, 1.807) is 6.92 Å². The Morgan fingerprint density at radius 2 is 2.10 bits per heavy atom. The van der Waals surface area contributed by atoms with Crippen LogP contribution in [0.3, 0.4) is 0 Å². The smallest absolute Gasteiger partial charge is 0.433 e. The summed E-state index contributed by atoms with van der Waals surface area (Å²) in [4.78, 5) is 14.9. The third kappa shape index (κ3) is 2.96. The van der Waals surface area contributed by atoms with E-state index in [0.29, 0.717) is 0 Å². The number of aromatic nitrogens is 3. The normalized spacial score (nSPS) is 11.4. The van der Waals surface area contributed by atoms with Gasteiger partial charge in [0.2, 0.25) is 0 Å². The summed E-state index contributed by atoms with van der Waals surface area (Å²) >= 11 is 0. The van der Waals surface area contributed by atoms with E-state index < -0.39 is 17.8 Å². The minimum absolute atomic E-state index is 0.0324. The lowest BCUT2D eigenvalue weighted by molar-refractivity contribution is -0.141. The van der Waals surface area contributed by atoms with Gasteiger partial charge in [-0.15, -0.1) is 0 Å². The molecule has 0 unspecified atom stereocenters. The summed E-state index contributed by atoms with van der Waals surface area (Å²) in [5, 5.41) is 3.85. The van der Waals surface area contributed by atoms with Gasteiger partial charge < -0.3 is 10.5 Å². The summed E-state index contributed by atoms with van der Waals surface area (Å²) in [6.45, 7) is 1.81. The zero-order chi connectivity index (χ0) is 15.6. The van der Waals surface area contributed by atoms with Crippen LogP contribution >= 0.6 is 0 Å². The van der Waals surface area contributed by atoms with E-state index >= 15 is 0 Å². The molecule has 0 spiro atoms. The first-order chi connectivity index (χ1) is 9.84. The van der Waals surface area contributed by atoms with Gasteiger partial charge in [0.1, 0.15) is 17.1 Å². The number of halogens is 3. The number of esters is 1. The summed E-state index contributed by atoms with van der Waals surface area (Å²) in [5.74, 6) is -0.684. The number of carbonyl (C=O) groups excluding carboxylic acids is 1. The molecule has 0 bridgehead atoms. The fraction of sp³-hybridized carbons (Fsp3) is 0.250. The van der Waals surface area contributed by atoms with Gasteiger partial charge in [0.25, 0.3) is 0 Å². The second kappa shape index (κ2) is 5.43. The van der Waals surface area contributed by atoms with Gasteiger partial charge in [-0.25, -0.2) is 14.5 Å². The Bertz CT molecular complexity index is 650. The van der Waals surface area contributed by atoms with Crippen molar-refractivity contribution in [1.82, 2.24) is 14.8 Å². The van der Waals surface area contributed by atoms with E-state index in [0.717, 1.165) is 23.0 Å². The Morgan fingerprint density at radius 3 is 2.62 bits per heavy atom. The maximum Gasteiger partial charge on any atom is 0.433 e. The molecule has 0 saturated carbocycles. The number of carbonyl (C=O) groups is 1. The highest BCUT2D eigenvalue weighted by molar-refractivity contribution is 5.94. The van der Waals surface area contributed by atoms with Crippen LogP contribution in [0.15, 0.2) is 24.5 Å². The number of ether oxygens (including phenoxy) is 1. The molecule has 0 atom stereocenters. The molecule has 0 aliphatic rings. The number of hydrogen-bond acceptors (Lipinski definition) is 5. The van der Waals surface area contributed by atoms with Crippen molar-refractivity contribution in [3.05, 3.63) is 35.8 Å². The zero-order valence-electron chi connectivity index (χ0n) is 10.9. The Hall–Kier alpha value is -2.58. The van der Waals surface area contributed by atoms with Crippen LogP contribution in [0.4, 0.5) is 19.0 Å². The van der Waals surface area contributed by atoms with E-state index in [1.165, 1.54) is 6.20 Å². The fourth-order valence-corrected chi connectivity index (χ4v) is 1.61. The monoisotopic (exact) mass is 300 g/mol. The summed E-state index contributed by atoms with van der Waals surface area (Å²) in [6, 6.07) is 1.97. The van der Waals surface area contributed by atoms with Gasteiger partial charge in [0.15, 0.2) is 0 Å². The molecule has 2 N–H and O–H groups in total. The van der Waals surface area contributed by atoms with Crippen LogP contribution in [-0.4, -0.2) is 27.3 Å². The lowest BCUT2D eigenvalue weighted by Crippen LogP contribution is -2.10. The third-order valence-corrected chi connectivity index (χ3v) is 2.58. The molecule has 112 valence electrons. The summed E-state index contributed by atoms with van der Waals surface area (Å²) in [6.07, 6.45) is -2.36. The predicted octanol–water partition coefficient (Wildman–Crippen LogP) is 2.04.